The Morgan fingerprint density at radius 3 is 2.82 bits per heavy atom. The second kappa shape index (κ2) is 4.89. The fourth-order valence-electron chi connectivity index (χ4n) is 2.34. The molecular formula is C15H20N2. The van der Waals surface area contributed by atoms with Crippen LogP contribution in [0.1, 0.15) is 37.0 Å². The van der Waals surface area contributed by atoms with E-state index in [1.54, 1.807) is 0 Å². The highest BCUT2D eigenvalue weighted by Crippen LogP contribution is 2.22. The van der Waals surface area contributed by atoms with Gasteiger partial charge in [-0.05, 0) is 56.2 Å². The van der Waals surface area contributed by atoms with Crippen molar-refractivity contribution < 1.29 is 0 Å². The van der Waals surface area contributed by atoms with Gasteiger partial charge in [-0.2, -0.15) is 5.26 Å². The molecule has 0 fully saturated rings. The molecule has 0 atom stereocenters. The molecule has 0 saturated heterocycles. The van der Waals surface area contributed by atoms with Crippen molar-refractivity contribution in [3.05, 3.63) is 34.9 Å². The first-order valence-electron chi connectivity index (χ1n) is 6.38. The average Bonchev–Trinajstić information content (AvgIpc) is 2.76. The van der Waals surface area contributed by atoms with Crippen molar-refractivity contribution in [2.75, 3.05) is 6.54 Å². The predicted octanol–water partition coefficient (Wildman–Crippen LogP) is 2.61. The first kappa shape index (κ1) is 12.1. The molecule has 1 N–H and O–H groups in total. The Hall–Kier alpha value is -1.33. The summed E-state index contributed by atoms with van der Waals surface area (Å²) in [7, 11) is 0. The number of rotatable bonds is 4. The molecule has 1 aliphatic carbocycles. The summed E-state index contributed by atoms with van der Waals surface area (Å²) < 4.78 is 0. The summed E-state index contributed by atoms with van der Waals surface area (Å²) in [6.07, 6.45) is 4.78. The summed E-state index contributed by atoms with van der Waals surface area (Å²) in [4.78, 5) is 0. The zero-order valence-corrected chi connectivity index (χ0v) is 10.7. The largest absolute Gasteiger partial charge is 0.300 e. The molecule has 2 nitrogen and oxygen atoms in total. The average molecular weight is 228 g/mol. The SMILES string of the molecule is CC(C)(C#N)NCCc1ccc2c(c1)CCC2. The number of aryl methyl sites for hydroxylation is 2. The Labute approximate surface area is 104 Å². The number of nitrogens with zero attached hydrogens (tertiary/aromatic N) is 1. The van der Waals surface area contributed by atoms with Gasteiger partial charge in [0.15, 0.2) is 0 Å². The summed E-state index contributed by atoms with van der Waals surface area (Å²) in [6, 6.07) is 9.09. The van der Waals surface area contributed by atoms with Crippen LogP contribution in [0.4, 0.5) is 0 Å². The van der Waals surface area contributed by atoms with Crippen molar-refractivity contribution in [1.29, 1.82) is 5.26 Å². The Kier molecular flexibility index (Phi) is 3.49. The minimum atomic E-state index is -0.420. The highest BCUT2D eigenvalue weighted by molar-refractivity contribution is 5.35. The summed E-state index contributed by atoms with van der Waals surface area (Å²) >= 11 is 0. The number of hydrogen-bond donors (Lipinski definition) is 1. The molecule has 0 heterocycles. The molecule has 1 aromatic rings. The standard InChI is InChI=1S/C15H20N2/c1-15(2,11-16)17-9-8-12-6-7-13-4-3-5-14(13)10-12/h6-7,10,17H,3-5,8-9H2,1-2H3. The van der Waals surface area contributed by atoms with Crippen LogP contribution in [0.25, 0.3) is 0 Å². The third kappa shape index (κ3) is 3.08. The maximum atomic E-state index is 8.91. The van der Waals surface area contributed by atoms with Crippen LogP contribution >= 0.6 is 0 Å². The lowest BCUT2D eigenvalue weighted by atomic mass is 10.0. The molecule has 2 rings (SSSR count). The lowest BCUT2D eigenvalue weighted by Gasteiger charge is -2.17. The molecule has 1 aliphatic rings. The molecule has 0 amide bonds. The number of nitriles is 1. The van der Waals surface area contributed by atoms with E-state index in [0.717, 1.165) is 13.0 Å². The lowest BCUT2D eigenvalue weighted by Crippen LogP contribution is -2.38. The van der Waals surface area contributed by atoms with Crippen molar-refractivity contribution in [1.82, 2.24) is 5.32 Å². The van der Waals surface area contributed by atoms with Gasteiger partial charge in [0.05, 0.1) is 6.07 Å². The van der Waals surface area contributed by atoms with Gasteiger partial charge in [-0.3, -0.25) is 5.32 Å². The molecule has 0 aromatic heterocycles. The van der Waals surface area contributed by atoms with Gasteiger partial charge in [0.25, 0.3) is 0 Å². The van der Waals surface area contributed by atoms with Crippen LogP contribution in [-0.2, 0) is 19.3 Å². The molecule has 1 aromatic carbocycles. The first-order chi connectivity index (χ1) is 8.11. The van der Waals surface area contributed by atoms with E-state index in [4.69, 9.17) is 5.26 Å². The van der Waals surface area contributed by atoms with Gasteiger partial charge < -0.3 is 0 Å². The maximum absolute atomic E-state index is 8.91. The summed E-state index contributed by atoms with van der Waals surface area (Å²) in [5.74, 6) is 0. The second-order valence-electron chi connectivity index (χ2n) is 5.37. The third-order valence-electron chi connectivity index (χ3n) is 3.42. The molecule has 0 bridgehead atoms. The number of benzene rings is 1. The Bertz CT molecular complexity index is 441. The van der Waals surface area contributed by atoms with Crippen LogP contribution in [0.3, 0.4) is 0 Å². The molecule has 0 unspecified atom stereocenters. The van der Waals surface area contributed by atoms with Crippen molar-refractivity contribution in [3.8, 4) is 6.07 Å². The fourth-order valence-corrected chi connectivity index (χ4v) is 2.34. The van der Waals surface area contributed by atoms with Gasteiger partial charge in [-0.15, -0.1) is 0 Å². The molecule has 2 heteroatoms. The summed E-state index contributed by atoms with van der Waals surface area (Å²) in [5, 5.41) is 12.2. The Morgan fingerprint density at radius 1 is 1.29 bits per heavy atom. The van der Waals surface area contributed by atoms with Gasteiger partial charge >= 0.3 is 0 Å². The summed E-state index contributed by atoms with van der Waals surface area (Å²) in [6.45, 7) is 4.69. The number of nitrogens with one attached hydrogen (secondary N) is 1. The van der Waals surface area contributed by atoms with Crippen molar-refractivity contribution in [2.24, 2.45) is 0 Å². The molecule has 90 valence electrons. The van der Waals surface area contributed by atoms with Crippen LogP contribution in [0.2, 0.25) is 0 Å². The molecular weight excluding hydrogens is 208 g/mol. The lowest BCUT2D eigenvalue weighted by molar-refractivity contribution is 0.490. The second-order valence-corrected chi connectivity index (χ2v) is 5.37. The van der Waals surface area contributed by atoms with E-state index in [2.05, 4.69) is 29.6 Å². The smallest absolute Gasteiger partial charge is 0.101 e. The van der Waals surface area contributed by atoms with Gasteiger partial charge in [-0.1, -0.05) is 18.2 Å². The van der Waals surface area contributed by atoms with E-state index < -0.39 is 5.54 Å². The van der Waals surface area contributed by atoms with E-state index >= 15 is 0 Å². The van der Waals surface area contributed by atoms with Crippen molar-refractivity contribution >= 4 is 0 Å². The maximum Gasteiger partial charge on any atom is 0.101 e. The third-order valence-corrected chi connectivity index (χ3v) is 3.42. The first-order valence-corrected chi connectivity index (χ1v) is 6.38. The zero-order valence-electron chi connectivity index (χ0n) is 10.7. The Balaban J connectivity index is 1.90. The highest BCUT2D eigenvalue weighted by atomic mass is 14.9. The molecule has 0 aliphatic heterocycles. The quantitative estimate of drug-likeness (QED) is 0.860. The molecule has 17 heavy (non-hydrogen) atoms. The fraction of sp³-hybridized carbons (Fsp3) is 0.533. The monoisotopic (exact) mass is 228 g/mol. The van der Waals surface area contributed by atoms with E-state index in [1.807, 2.05) is 13.8 Å². The molecule has 0 saturated carbocycles. The highest BCUT2D eigenvalue weighted by Gasteiger charge is 2.15. The zero-order chi connectivity index (χ0) is 12.3. The van der Waals surface area contributed by atoms with Crippen LogP contribution in [0.15, 0.2) is 18.2 Å². The van der Waals surface area contributed by atoms with E-state index in [-0.39, 0.29) is 0 Å². The normalized spacial score (nSPS) is 14.4. The molecule has 0 radical (unpaired) electrons. The van der Waals surface area contributed by atoms with Crippen LogP contribution < -0.4 is 5.32 Å². The predicted molar refractivity (Wildman–Crippen MR) is 69.9 cm³/mol. The number of fused-ring (bicyclic) bond motifs is 1. The van der Waals surface area contributed by atoms with Crippen LogP contribution in [0, 0.1) is 11.3 Å². The van der Waals surface area contributed by atoms with Gasteiger partial charge in [0, 0.05) is 6.54 Å². The van der Waals surface area contributed by atoms with Crippen LogP contribution in [0.5, 0.6) is 0 Å². The van der Waals surface area contributed by atoms with Crippen LogP contribution in [-0.4, -0.2) is 12.1 Å². The topological polar surface area (TPSA) is 35.8 Å². The van der Waals surface area contributed by atoms with E-state index in [1.165, 1.54) is 36.0 Å². The summed E-state index contributed by atoms with van der Waals surface area (Å²) in [5.41, 5.74) is 4.02. The van der Waals surface area contributed by atoms with Gasteiger partial charge in [0.1, 0.15) is 5.54 Å². The molecule has 0 spiro atoms. The minimum absolute atomic E-state index is 0.420. The van der Waals surface area contributed by atoms with E-state index in [0.29, 0.717) is 0 Å². The minimum Gasteiger partial charge on any atom is -0.300 e. The Morgan fingerprint density at radius 2 is 2.06 bits per heavy atom. The van der Waals surface area contributed by atoms with Crippen molar-refractivity contribution in [2.45, 2.75) is 45.1 Å². The van der Waals surface area contributed by atoms with Gasteiger partial charge in [0.2, 0.25) is 0 Å². The number of hydrogen-bond acceptors (Lipinski definition) is 2. The van der Waals surface area contributed by atoms with Gasteiger partial charge in [-0.25, -0.2) is 0 Å². The van der Waals surface area contributed by atoms with Crippen molar-refractivity contribution in [3.63, 3.8) is 0 Å². The van der Waals surface area contributed by atoms with E-state index in [9.17, 15) is 0 Å².